The Balaban J connectivity index is 2.11. The lowest BCUT2D eigenvalue weighted by Gasteiger charge is -2.11. The Kier molecular flexibility index (Phi) is 4.48. The molecule has 0 aliphatic heterocycles. The number of methoxy groups -OCH3 is 1. The maximum absolute atomic E-state index is 11.1. The van der Waals surface area contributed by atoms with E-state index in [4.69, 9.17) is 22.1 Å². The van der Waals surface area contributed by atoms with Crippen LogP contribution in [0, 0.1) is 0 Å². The molecule has 0 fully saturated rings. The van der Waals surface area contributed by atoms with Gasteiger partial charge in [-0.15, -0.1) is 0 Å². The minimum atomic E-state index is -0.536. The van der Waals surface area contributed by atoms with Crippen LogP contribution in [0.25, 0.3) is 0 Å². The first-order chi connectivity index (χ1) is 9.61. The monoisotopic (exact) mass is 290 g/mol. The predicted octanol–water partition coefficient (Wildman–Crippen LogP) is 3.06. The zero-order valence-electron chi connectivity index (χ0n) is 11.0. The van der Waals surface area contributed by atoms with Crippen LogP contribution in [0.5, 0.6) is 5.75 Å². The molecule has 2 aromatic carbocycles. The summed E-state index contributed by atoms with van der Waals surface area (Å²) in [5.74, 6) is 0.283. The van der Waals surface area contributed by atoms with Gasteiger partial charge in [-0.25, -0.2) is 0 Å². The molecule has 5 heteroatoms. The third kappa shape index (κ3) is 3.22. The molecule has 4 nitrogen and oxygen atoms in total. The first-order valence-electron chi connectivity index (χ1n) is 6.07. The summed E-state index contributed by atoms with van der Waals surface area (Å²) in [4.78, 5) is 11.1. The van der Waals surface area contributed by atoms with Crippen LogP contribution in [0.2, 0.25) is 5.02 Å². The number of para-hydroxylation sites is 1. The number of anilines is 1. The molecule has 0 aromatic heterocycles. The van der Waals surface area contributed by atoms with Gasteiger partial charge in [-0.2, -0.15) is 0 Å². The number of hydrogen-bond donors (Lipinski definition) is 2. The number of amides is 1. The molecule has 0 aliphatic rings. The highest BCUT2D eigenvalue weighted by Crippen LogP contribution is 2.23. The van der Waals surface area contributed by atoms with Gasteiger partial charge in [-0.3, -0.25) is 4.79 Å². The molecule has 104 valence electrons. The smallest absolute Gasteiger partial charge is 0.250 e. The second-order valence-corrected chi connectivity index (χ2v) is 4.63. The average molecular weight is 291 g/mol. The number of ether oxygens (including phenoxy) is 1. The van der Waals surface area contributed by atoms with Gasteiger partial charge in [-0.1, -0.05) is 29.8 Å². The van der Waals surface area contributed by atoms with E-state index in [1.807, 2.05) is 24.3 Å². The van der Waals surface area contributed by atoms with E-state index < -0.39 is 5.91 Å². The number of carbonyl (C=O) groups excluding carboxylic acids is 1. The number of primary amides is 1. The van der Waals surface area contributed by atoms with E-state index in [0.29, 0.717) is 17.1 Å². The van der Waals surface area contributed by atoms with E-state index >= 15 is 0 Å². The highest BCUT2D eigenvalue weighted by molar-refractivity contribution is 6.34. The van der Waals surface area contributed by atoms with Gasteiger partial charge in [-0.05, 0) is 24.3 Å². The molecule has 0 heterocycles. The minimum Gasteiger partial charge on any atom is -0.496 e. The first-order valence-corrected chi connectivity index (χ1v) is 6.44. The Bertz CT molecular complexity index is 629. The van der Waals surface area contributed by atoms with Gasteiger partial charge in [0.15, 0.2) is 0 Å². The highest BCUT2D eigenvalue weighted by atomic mass is 35.5. The van der Waals surface area contributed by atoms with Crippen molar-refractivity contribution in [1.82, 2.24) is 0 Å². The van der Waals surface area contributed by atoms with Crippen LogP contribution in [-0.4, -0.2) is 13.0 Å². The van der Waals surface area contributed by atoms with Crippen LogP contribution >= 0.6 is 11.6 Å². The van der Waals surface area contributed by atoms with Crippen molar-refractivity contribution in [2.75, 3.05) is 12.4 Å². The van der Waals surface area contributed by atoms with E-state index in [0.717, 1.165) is 17.0 Å². The molecule has 0 saturated heterocycles. The van der Waals surface area contributed by atoms with Crippen molar-refractivity contribution in [2.45, 2.75) is 6.54 Å². The lowest BCUT2D eigenvalue weighted by atomic mass is 10.1. The molecule has 1 amide bonds. The molecule has 0 unspecified atom stereocenters. The average Bonchev–Trinajstić information content (AvgIpc) is 2.45. The van der Waals surface area contributed by atoms with Crippen molar-refractivity contribution >= 4 is 23.2 Å². The van der Waals surface area contributed by atoms with Crippen molar-refractivity contribution in [1.29, 1.82) is 0 Å². The van der Waals surface area contributed by atoms with Crippen molar-refractivity contribution < 1.29 is 9.53 Å². The van der Waals surface area contributed by atoms with Crippen LogP contribution in [0.4, 0.5) is 5.69 Å². The van der Waals surface area contributed by atoms with Crippen LogP contribution in [0.1, 0.15) is 15.9 Å². The number of rotatable bonds is 5. The topological polar surface area (TPSA) is 64.3 Å². The zero-order valence-corrected chi connectivity index (χ0v) is 11.8. The standard InChI is InChI=1S/C15H15ClN2O2/c1-20-14-5-3-2-4-10(14)9-18-11-6-7-12(15(17)19)13(16)8-11/h2-8,18H,9H2,1H3,(H2,17,19). The second-order valence-electron chi connectivity index (χ2n) is 4.22. The number of nitrogens with one attached hydrogen (secondary N) is 1. The van der Waals surface area contributed by atoms with E-state index in [9.17, 15) is 4.79 Å². The van der Waals surface area contributed by atoms with Crippen LogP contribution in [0.3, 0.4) is 0 Å². The van der Waals surface area contributed by atoms with E-state index in [-0.39, 0.29) is 0 Å². The quantitative estimate of drug-likeness (QED) is 0.889. The Hall–Kier alpha value is -2.20. The van der Waals surface area contributed by atoms with Crippen LogP contribution in [-0.2, 0) is 6.54 Å². The fourth-order valence-corrected chi connectivity index (χ4v) is 2.14. The highest BCUT2D eigenvalue weighted by Gasteiger charge is 2.07. The molecule has 0 saturated carbocycles. The lowest BCUT2D eigenvalue weighted by molar-refractivity contribution is 0.100. The second kappa shape index (κ2) is 6.30. The molecule has 0 spiro atoms. The fourth-order valence-electron chi connectivity index (χ4n) is 1.87. The molecule has 0 aliphatic carbocycles. The summed E-state index contributed by atoms with van der Waals surface area (Å²) < 4.78 is 5.28. The summed E-state index contributed by atoms with van der Waals surface area (Å²) in [6, 6.07) is 12.8. The van der Waals surface area contributed by atoms with E-state index in [2.05, 4.69) is 5.32 Å². The zero-order chi connectivity index (χ0) is 14.5. The molecule has 2 aromatic rings. The number of halogens is 1. The van der Waals surface area contributed by atoms with Gasteiger partial charge < -0.3 is 15.8 Å². The molecule has 2 rings (SSSR count). The Labute approximate surface area is 122 Å². The summed E-state index contributed by atoms with van der Waals surface area (Å²) in [5, 5.41) is 3.56. The van der Waals surface area contributed by atoms with Crippen LogP contribution < -0.4 is 15.8 Å². The van der Waals surface area contributed by atoms with Gasteiger partial charge in [0.25, 0.3) is 0 Å². The summed E-state index contributed by atoms with van der Waals surface area (Å²) in [6.45, 7) is 0.594. The van der Waals surface area contributed by atoms with Crippen molar-refractivity contribution in [3.05, 3.63) is 58.6 Å². The summed E-state index contributed by atoms with van der Waals surface area (Å²) in [7, 11) is 1.64. The van der Waals surface area contributed by atoms with Crippen molar-refractivity contribution in [3.8, 4) is 5.75 Å². The molecular weight excluding hydrogens is 276 g/mol. The van der Waals surface area contributed by atoms with Gasteiger partial charge in [0, 0.05) is 17.8 Å². The number of hydrogen-bond acceptors (Lipinski definition) is 3. The normalized spacial score (nSPS) is 10.1. The van der Waals surface area contributed by atoms with Crippen molar-refractivity contribution in [2.24, 2.45) is 5.73 Å². The Morgan fingerprint density at radius 1 is 1.30 bits per heavy atom. The molecular formula is C15H15ClN2O2. The minimum absolute atomic E-state index is 0.314. The Morgan fingerprint density at radius 2 is 2.05 bits per heavy atom. The number of carbonyl (C=O) groups is 1. The van der Waals surface area contributed by atoms with Gasteiger partial charge in [0.1, 0.15) is 5.75 Å². The third-order valence-electron chi connectivity index (χ3n) is 2.91. The lowest BCUT2D eigenvalue weighted by Crippen LogP contribution is -2.11. The van der Waals surface area contributed by atoms with Crippen LogP contribution in [0.15, 0.2) is 42.5 Å². The molecule has 0 radical (unpaired) electrons. The summed E-state index contributed by atoms with van der Waals surface area (Å²) in [5.41, 5.74) is 7.37. The maximum atomic E-state index is 11.1. The van der Waals surface area contributed by atoms with E-state index in [1.165, 1.54) is 0 Å². The van der Waals surface area contributed by atoms with Gasteiger partial charge in [0.2, 0.25) is 5.91 Å². The number of nitrogens with two attached hydrogens (primary N) is 1. The SMILES string of the molecule is COc1ccccc1CNc1ccc(C(N)=O)c(Cl)c1. The number of benzene rings is 2. The largest absolute Gasteiger partial charge is 0.496 e. The molecule has 20 heavy (non-hydrogen) atoms. The fraction of sp³-hybridized carbons (Fsp3) is 0.133. The summed E-state index contributed by atoms with van der Waals surface area (Å²) >= 11 is 6.00. The third-order valence-corrected chi connectivity index (χ3v) is 3.22. The molecule has 0 atom stereocenters. The maximum Gasteiger partial charge on any atom is 0.250 e. The van der Waals surface area contributed by atoms with Gasteiger partial charge in [0.05, 0.1) is 17.7 Å². The van der Waals surface area contributed by atoms with Crippen molar-refractivity contribution in [3.63, 3.8) is 0 Å². The van der Waals surface area contributed by atoms with E-state index in [1.54, 1.807) is 25.3 Å². The molecule has 3 N–H and O–H groups in total. The van der Waals surface area contributed by atoms with Gasteiger partial charge >= 0.3 is 0 Å². The summed E-state index contributed by atoms with van der Waals surface area (Å²) in [6.07, 6.45) is 0. The molecule has 0 bridgehead atoms. The first kappa shape index (κ1) is 14.2. The Morgan fingerprint density at radius 3 is 2.70 bits per heavy atom. The predicted molar refractivity (Wildman–Crippen MR) is 80.3 cm³/mol.